The van der Waals surface area contributed by atoms with Gasteiger partial charge < -0.3 is 19.5 Å². The highest BCUT2D eigenvalue weighted by Gasteiger charge is 2.53. The maximum atomic E-state index is 14.6. The molecule has 4 aliphatic carbocycles. The predicted molar refractivity (Wildman–Crippen MR) is 153 cm³/mol. The molecule has 2 aromatic carbocycles. The fourth-order valence-electron chi connectivity index (χ4n) is 6.59. The Bertz CT molecular complexity index is 1640. The van der Waals surface area contributed by atoms with Gasteiger partial charge in [0.05, 0.1) is 32.5 Å². The lowest BCUT2D eigenvalue weighted by molar-refractivity contribution is -0.169. The van der Waals surface area contributed by atoms with Crippen LogP contribution in [0.15, 0.2) is 34.9 Å². The molecule has 4 aliphatic rings. The number of benzene rings is 2. The predicted octanol–water partition coefficient (Wildman–Crippen LogP) is 8.32. The summed E-state index contributed by atoms with van der Waals surface area (Å²) in [5.74, 6) is -0.714. The molecule has 0 spiro atoms. The molecule has 7 nitrogen and oxygen atoms in total. The van der Waals surface area contributed by atoms with Crippen molar-refractivity contribution in [2.75, 3.05) is 0 Å². The van der Waals surface area contributed by atoms with Crippen LogP contribution in [-0.2, 0) is 11.3 Å². The van der Waals surface area contributed by atoms with Gasteiger partial charge in [0.25, 0.3) is 0 Å². The fourth-order valence-corrected chi connectivity index (χ4v) is 8.31. The van der Waals surface area contributed by atoms with Gasteiger partial charge in [-0.2, -0.15) is 0 Å². The molecule has 11 heteroatoms. The number of aromatic nitrogens is 2. The molecule has 4 saturated carbocycles. The summed E-state index contributed by atoms with van der Waals surface area (Å²) in [6, 6.07) is 7.76. The average molecular weight is 618 g/mol. The first kappa shape index (κ1) is 27.3. The number of hydrogen-bond acceptors (Lipinski definition) is 7. The monoisotopic (exact) mass is 616 g/mol. The Morgan fingerprint density at radius 3 is 2.46 bits per heavy atom. The minimum atomic E-state index is -1.20. The van der Waals surface area contributed by atoms with Gasteiger partial charge in [-0.3, -0.25) is 0 Å². The Morgan fingerprint density at radius 2 is 1.83 bits per heavy atom. The van der Waals surface area contributed by atoms with Crippen LogP contribution in [0.25, 0.3) is 21.5 Å². The molecule has 0 radical (unpaired) electrons. The van der Waals surface area contributed by atoms with E-state index in [0.717, 1.165) is 80.1 Å². The van der Waals surface area contributed by atoms with Crippen molar-refractivity contribution in [1.29, 1.82) is 0 Å². The molecule has 0 amide bonds. The lowest BCUT2D eigenvalue weighted by Crippen LogP contribution is -2.49. The van der Waals surface area contributed by atoms with Crippen LogP contribution in [-0.4, -0.2) is 31.9 Å². The molecule has 1 unspecified atom stereocenters. The third kappa shape index (κ3) is 4.66. The molecule has 4 aromatic rings. The second kappa shape index (κ2) is 10.0. The second-order valence-corrected chi connectivity index (χ2v) is 13.5. The Balaban J connectivity index is 1.10. The first-order chi connectivity index (χ1) is 19.7. The zero-order chi connectivity index (χ0) is 28.5. The number of aromatic carboxylic acids is 1. The molecule has 2 bridgehead atoms. The van der Waals surface area contributed by atoms with Gasteiger partial charge in [0, 0.05) is 22.5 Å². The molecule has 2 heterocycles. The van der Waals surface area contributed by atoms with Gasteiger partial charge in [-0.25, -0.2) is 14.2 Å². The number of ether oxygens (including phenoxy) is 1. The van der Waals surface area contributed by atoms with Gasteiger partial charge in [-0.05, 0) is 75.6 Å². The number of carboxylic acid groups (broad SMARTS) is 1. The average Bonchev–Trinajstić information content (AvgIpc) is 3.58. The van der Waals surface area contributed by atoms with E-state index >= 15 is 0 Å². The molecule has 1 atom stereocenters. The highest BCUT2D eigenvalue weighted by molar-refractivity contribution is 7.18. The summed E-state index contributed by atoms with van der Waals surface area (Å²) in [6.45, 7) is 0.338. The van der Waals surface area contributed by atoms with Gasteiger partial charge >= 0.3 is 5.97 Å². The van der Waals surface area contributed by atoms with Crippen LogP contribution >= 0.6 is 34.5 Å². The summed E-state index contributed by atoms with van der Waals surface area (Å²) in [5, 5.41) is 26.6. The lowest BCUT2D eigenvalue weighted by atomic mass is 9.56. The topological polar surface area (TPSA) is 106 Å². The second-order valence-electron chi connectivity index (χ2n) is 11.6. The number of aliphatic hydroxyl groups excluding tert-OH is 1. The quantitative estimate of drug-likeness (QED) is 0.205. The number of fused-ring (bicyclic) bond motifs is 4. The van der Waals surface area contributed by atoms with Gasteiger partial charge in [-0.15, -0.1) is 11.3 Å². The van der Waals surface area contributed by atoms with Crippen LogP contribution in [0.1, 0.15) is 90.1 Å². The third-order valence-electron chi connectivity index (χ3n) is 9.25. The van der Waals surface area contributed by atoms with Crippen molar-refractivity contribution in [3.05, 3.63) is 68.1 Å². The molecule has 8 rings (SSSR count). The van der Waals surface area contributed by atoms with Crippen LogP contribution in [0.4, 0.5) is 4.39 Å². The third-order valence-corrected chi connectivity index (χ3v) is 10.9. The van der Waals surface area contributed by atoms with Crippen molar-refractivity contribution in [2.24, 2.45) is 5.41 Å². The number of carboxylic acids is 1. The Hall–Kier alpha value is -2.56. The highest BCUT2D eigenvalue weighted by Crippen LogP contribution is 2.60. The Kier molecular flexibility index (Phi) is 6.67. The van der Waals surface area contributed by atoms with Crippen molar-refractivity contribution >= 4 is 50.7 Å². The van der Waals surface area contributed by atoms with Crippen LogP contribution in [0.3, 0.4) is 0 Å². The summed E-state index contributed by atoms with van der Waals surface area (Å²) in [5.41, 5.74) is 1.45. The number of thiazole rings is 1. The van der Waals surface area contributed by atoms with E-state index in [1.807, 2.05) is 0 Å². The summed E-state index contributed by atoms with van der Waals surface area (Å²) in [7, 11) is 0. The smallest absolute Gasteiger partial charge is 0.335 e. The lowest BCUT2D eigenvalue weighted by Gasteiger charge is -2.54. The number of nitrogens with zero attached hydrogens (tertiary/aromatic N) is 2. The fraction of sp³-hybridized carbons (Fsp3) is 0.433. The number of rotatable bonds is 8. The van der Waals surface area contributed by atoms with Crippen molar-refractivity contribution < 1.29 is 28.7 Å². The summed E-state index contributed by atoms with van der Waals surface area (Å²) in [4.78, 5) is 15.8. The van der Waals surface area contributed by atoms with Gasteiger partial charge in [-0.1, -0.05) is 34.4 Å². The molecule has 4 fully saturated rings. The number of hydrogen-bond donors (Lipinski definition) is 2. The Labute approximate surface area is 249 Å². The van der Waals surface area contributed by atoms with E-state index in [-0.39, 0.29) is 22.1 Å². The highest BCUT2D eigenvalue weighted by atomic mass is 35.5. The van der Waals surface area contributed by atoms with E-state index in [0.29, 0.717) is 43.5 Å². The maximum absolute atomic E-state index is 14.6. The minimum absolute atomic E-state index is 0.101. The van der Waals surface area contributed by atoms with Crippen LogP contribution in [0.5, 0.6) is 0 Å². The van der Waals surface area contributed by atoms with E-state index in [9.17, 15) is 19.4 Å². The van der Waals surface area contributed by atoms with Crippen LogP contribution in [0, 0.1) is 11.2 Å². The summed E-state index contributed by atoms with van der Waals surface area (Å²) >= 11 is 14.2. The molecule has 2 aromatic heterocycles. The number of halogens is 3. The van der Waals surface area contributed by atoms with Gasteiger partial charge in [0.15, 0.2) is 5.82 Å². The van der Waals surface area contributed by atoms with E-state index in [1.165, 1.54) is 6.07 Å². The van der Waals surface area contributed by atoms with Gasteiger partial charge in [0.2, 0.25) is 0 Å². The van der Waals surface area contributed by atoms with E-state index < -0.39 is 17.9 Å². The maximum Gasteiger partial charge on any atom is 0.335 e. The number of carbonyl (C=O) groups is 1. The van der Waals surface area contributed by atoms with E-state index in [1.54, 1.807) is 18.2 Å². The molecule has 2 N–H and O–H groups in total. The van der Waals surface area contributed by atoms with Crippen LogP contribution < -0.4 is 0 Å². The molecule has 214 valence electrons. The van der Waals surface area contributed by atoms with Crippen LogP contribution in [0.2, 0.25) is 10.0 Å². The largest absolute Gasteiger partial charge is 0.478 e. The summed E-state index contributed by atoms with van der Waals surface area (Å²) < 4.78 is 27.5. The van der Waals surface area contributed by atoms with Gasteiger partial charge in [0.1, 0.15) is 28.1 Å². The van der Waals surface area contributed by atoms with Crippen molar-refractivity contribution in [3.63, 3.8) is 0 Å². The molecular weight excluding hydrogens is 590 g/mol. The molecule has 0 saturated heterocycles. The Morgan fingerprint density at radius 1 is 1.15 bits per heavy atom. The standard InChI is InChI=1S/C30H27Cl2FN2O5S/c31-18-2-1-3-19(32)22(18)23-17(25(40-35-23)15-4-5-15)14-39-30-9-6-29(7-10-30,8-11-30)26(36)27-34-24-20(33)12-16(28(37)38)13-21(24)41-27/h1-3,12-13,15,26,36H,4-11,14H2,(H,37,38). The van der Waals surface area contributed by atoms with E-state index in [2.05, 4.69) is 10.1 Å². The first-order valence-corrected chi connectivity index (χ1v) is 15.3. The SMILES string of the molecule is O=C(O)c1cc(F)c2nc(C(O)C34CCC(OCc5c(-c6c(Cl)cccc6Cl)noc5C5CC5)(CC3)CC4)sc2c1. The normalized spacial score (nSPS) is 24.7. The zero-order valence-corrected chi connectivity index (χ0v) is 24.3. The van der Waals surface area contributed by atoms with E-state index in [4.69, 9.17) is 32.5 Å². The molecular formula is C30H27Cl2FN2O5S. The first-order valence-electron chi connectivity index (χ1n) is 13.8. The minimum Gasteiger partial charge on any atom is -0.478 e. The van der Waals surface area contributed by atoms with Crippen molar-refractivity contribution in [2.45, 2.75) is 75.6 Å². The number of aliphatic hydroxyl groups is 1. The van der Waals surface area contributed by atoms with Crippen molar-refractivity contribution in [3.8, 4) is 11.3 Å². The molecule has 0 aliphatic heterocycles. The van der Waals surface area contributed by atoms with Crippen molar-refractivity contribution in [1.82, 2.24) is 10.1 Å². The summed E-state index contributed by atoms with van der Waals surface area (Å²) in [6.07, 6.45) is 5.81. The molecule has 41 heavy (non-hydrogen) atoms. The zero-order valence-electron chi connectivity index (χ0n) is 22.0.